The molecule has 20 rings (SSSR count). The van der Waals surface area contributed by atoms with E-state index < -0.39 is 0 Å². The fourth-order valence-electron chi connectivity index (χ4n) is 8.26. The largest absolute Gasteiger partial charge is 0.289 e. The molecule has 4 aliphatic heterocycles. The van der Waals surface area contributed by atoms with Crippen LogP contribution in [-0.4, -0.2) is 101 Å². The van der Waals surface area contributed by atoms with Crippen molar-refractivity contribution in [2.24, 2.45) is 25.2 Å². The number of allylic oxidation sites excluding steroid dienone is 7. The maximum absolute atomic E-state index is 4.18. The first-order chi connectivity index (χ1) is 64.3. The van der Waals surface area contributed by atoms with E-state index in [9.17, 15) is 0 Å². The second-order valence-electron chi connectivity index (χ2n) is 20.2. The summed E-state index contributed by atoms with van der Waals surface area (Å²) in [5.41, 5.74) is 10.3. The van der Waals surface area contributed by atoms with Gasteiger partial charge in [0.25, 0.3) is 0 Å². The molecule has 129 heavy (non-hydrogen) atoms. The van der Waals surface area contributed by atoms with Crippen LogP contribution in [-0.2, 0) is 19.5 Å². The Balaban J connectivity index is -0.000000200. The monoisotopic (exact) mass is 1750 g/mol. The Kier molecular flexibility index (Phi) is 120. The van der Waals surface area contributed by atoms with Gasteiger partial charge in [0.2, 0.25) is 0 Å². The van der Waals surface area contributed by atoms with E-state index in [4.69, 9.17) is 0 Å². The van der Waals surface area contributed by atoms with Crippen molar-refractivity contribution >= 4 is 63.1 Å². The van der Waals surface area contributed by atoms with E-state index in [0.717, 1.165) is 60.3 Å². The molecule has 9 aromatic heterocycles. The summed E-state index contributed by atoms with van der Waals surface area (Å²) in [5.74, 6) is 0. The molecule has 0 saturated carbocycles. The highest BCUT2D eigenvalue weighted by Gasteiger charge is 2.06. The molecule has 1 N–H and O–H groups in total. The van der Waals surface area contributed by atoms with Gasteiger partial charge in [0.05, 0.1) is 47.7 Å². The SMILES string of the molecule is C1=CCC=C1.C1=CCN=C1.C1=CN=CC1.C1=Cc2ccccc2C1.C1=NCc2ccccc21.CC.CC.CC.CC.CC.CC.CC.CC.CC.CC.CC.CC.CC.CC.c1ccc2cnccc2c1.c1ccc2ncccc2c1.c1ccc2nccnc2c1.c1ccncc1.c1ccnnc1.c1cn[nH]n1.c1cnc2c(c1)N=NC2.c1cnccn1.c1cncnc1. The van der Waals surface area contributed by atoms with E-state index in [-0.39, 0.29) is 0 Å². The van der Waals surface area contributed by atoms with Gasteiger partial charge in [-0.05, 0) is 125 Å². The van der Waals surface area contributed by atoms with Crippen molar-refractivity contribution in [1.29, 1.82) is 0 Å². The van der Waals surface area contributed by atoms with Gasteiger partial charge < -0.3 is 0 Å². The highest BCUT2D eigenvalue weighted by Crippen LogP contribution is 2.23. The number of aliphatic imine (C=N–C) groups is 3. The zero-order chi connectivity index (χ0) is 97.9. The quantitative estimate of drug-likeness (QED) is 0.148. The van der Waals surface area contributed by atoms with E-state index in [1.54, 1.807) is 111 Å². The number of nitrogens with one attached hydrogen (secondary N) is 1. The summed E-state index contributed by atoms with van der Waals surface area (Å²) >= 11 is 0. The molecule has 0 bridgehead atoms. The normalized spacial score (nSPS) is 9.71. The van der Waals surface area contributed by atoms with Gasteiger partial charge in [-0.1, -0.05) is 358 Å². The Labute approximate surface area is 780 Å². The number of benzene rings is 5. The molecule has 0 amide bonds. The van der Waals surface area contributed by atoms with Crippen molar-refractivity contribution in [3.63, 3.8) is 0 Å². The van der Waals surface area contributed by atoms with E-state index in [0.29, 0.717) is 6.54 Å². The molecule has 0 saturated heterocycles. The number of pyridine rings is 4. The predicted octanol–water partition coefficient (Wildman–Crippen LogP) is 31.4. The van der Waals surface area contributed by atoms with E-state index in [1.807, 2.05) is 364 Å². The summed E-state index contributed by atoms with van der Waals surface area (Å²) in [6.07, 6.45) is 61.4. The molecule has 0 spiro atoms. The summed E-state index contributed by atoms with van der Waals surface area (Å²) in [6.45, 7) is 58.4. The number of hydrogen-bond donors (Lipinski definition) is 1. The van der Waals surface area contributed by atoms with Crippen molar-refractivity contribution in [3.8, 4) is 0 Å². The number of para-hydroxylation sites is 3. The number of azo groups is 1. The third-order valence-electron chi connectivity index (χ3n) is 13.0. The smallest absolute Gasteiger partial charge is 0.115 e. The molecule has 6 aliphatic rings. The lowest BCUT2D eigenvalue weighted by molar-refractivity contribution is 0.940. The number of aromatic nitrogens is 15. The standard InChI is InChI=1S/2C9H7N.C9H8.C8H6N2.C8H7N.C6H5N3.C5H5N.C5H6.3C4H4N2.2C4H5N.C2H3N3.14C2H6/c1-2-6-9-8(4-1)5-3-7-10-9;1-2-4-9-7-10-6-5-8(9)3-1;1-2-5-9-7-3-6-8(9)4-1;1-2-4-8-7(3-1)9-5-6-10-8;1-2-4-8-6-9-5-7(8)3-1;1-2-5-6(7-3-1)4-8-9-5;1-2-4-6-5-3-1;1-2-4-5-3-1;1-2-6-4-3-5-1;1-2-5-4-6-3-1;1-2-4-6-5-3-1;3*1-2-4-5-3-1;14*1-2/h2*1-7H;1-6H,7H2;1-6H;1-5H,6H2;1-3H,4H2;1-5H;1-4H,5H2;3*1-4H;1,3-4H,2H2;1-3H,4H2;1-2H,(H,3,4,5);14*1-2H3. The van der Waals surface area contributed by atoms with Gasteiger partial charge in [-0.15, -0.1) is 0 Å². The summed E-state index contributed by atoms with van der Waals surface area (Å²) in [5, 5.41) is 27.7. The van der Waals surface area contributed by atoms with Crippen LogP contribution in [0.2, 0.25) is 0 Å². The minimum Gasteiger partial charge on any atom is -0.289 e. The van der Waals surface area contributed by atoms with Crippen LogP contribution >= 0.6 is 0 Å². The van der Waals surface area contributed by atoms with Crippen molar-refractivity contribution in [2.75, 3.05) is 6.54 Å². The van der Waals surface area contributed by atoms with Crippen LogP contribution in [0.1, 0.15) is 235 Å². The Bertz CT molecular complexity index is 3870. The summed E-state index contributed by atoms with van der Waals surface area (Å²) in [6, 6.07) is 61.8. The number of H-pyrrole nitrogens is 1. The molecule has 20 heteroatoms. The first kappa shape index (κ1) is 131. The third-order valence-corrected chi connectivity index (χ3v) is 13.0. The average molecular weight is 1750 g/mol. The van der Waals surface area contributed by atoms with Crippen molar-refractivity contribution in [2.45, 2.75) is 226 Å². The first-order valence-electron chi connectivity index (χ1n) is 46.1. The van der Waals surface area contributed by atoms with Gasteiger partial charge in [0.1, 0.15) is 18.6 Å². The number of hydrogen-bond acceptors (Lipinski definition) is 19. The third kappa shape index (κ3) is 78.7. The topological polar surface area (TPSA) is 258 Å². The van der Waals surface area contributed by atoms with Gasteiger partial charge >= 0.3 is 0 Å². The Morgan fingerprint density at radius 1 is 0.295 bits per heavy atom. The summed E-state index contributed by atoms with van der Waals surface area (Å²) < 4.78 is 0. The summed E-state index contributed by atoms with van der Waals surface area (Å²) in [4.78, 5) is 50.8. The Morgan fingerprint density at radius 3 is 1.16 bits per heavy atom. The van der Waals surface area contributed by atoms with Crippen LogP contribution in [0.3, 0.4) is 0 Å². The molecule has 0 fully saturated rings. The van der Waals surface area contributed by atoms with Crippen LogP contribution < -0.4 is 0 Å². The van der Waals surface area contributed by atoms with Crippen LogP contribution in [0.25, 0.3) is 38.8 Å². The Hall–Kier alpha value is -13.8. The molecule has 14 aromatic rings. The van der Waals surface area contributed by atoms with Gasteiger partial charge in [-0.2, -0.15) is 35.8 Å². The lowest BCUT2D eigenvalue weighted by atomic mass is 10.1. The fourth-order valence-corrected chi connectivity index (χ4v) is 8.26. The van der Waals surface area contributed by atoms with E-state index in [2.05, 4.69) is 198 Å². The van der Waals surface area contributed by atoms with Crippen molar-refractivity contribution in [3.05, 3.63) is 389 Å². The number of nitrogens with zero attached hydrogens (tertiary/aromatic N) is 19. The molecule has 0 unspecified atom stereocenters. The van der Waals surface area contributed by atoms with Crippen molar-refractivity contribution < 1.29 is 0 Å². The lowest BCUT2D eigenvalue weighted by Gasteiger charge is -1.93. The molecule has 0 atom stereocenters. The van der Waals surface area contributed by atoms with Gasteiger partial charge in [0.15, 0.2) is 0 Å². The highest BCUT2D eigenvalue weighted by molar-refractivity contribution is 5.84. The maximum Gasteiger partial charge on any atom is 0.115 e. The zero-order valence-electron chi connectivity index (χ0n) is 83.6. The van der Waals surface area contributed by atoms with Gasteiger partial charge in [0, 0.05) is 136 Å². The molecular formula is C109H160N20. The zero-order valence-corrected chi connectivity index (χ0v) is 83.6. The number of rotatable bonds is 0. The molecule has 5 aromatic carbocycles. The van der Waals surface area contributed by atoms with E-state index >= 15 is 0 Å². The van der Waals surface area contributed by atoms with E-state index in [1.165, 1.54) is 44.7 Å². The second kappa shape index (κ2) is 118. The molecule has 0 radical (unpaired) electrons. The van der Waals surface area contributed by atoms with Crippen molar-refractivity contribution in [1.82, 2.24) is 75.4 Å². The summed E-state index contributed by atoms with van der Waals surface area (Å²) in [7, 11) is 0. The number of aromatic amines is 1. The minimum absolute atomic E-state index is 0.649. The maximum atomic E-state index is 4.18. The Morgan fingerprint density at radius 2 is 0.767 bits per heavy atom. The minimum atomic E-state index is 0.649. The molecule has 696 valence electrons. The molecule has 20 nitrogen and oxygen atoms in total. The fraction of sp³-hybridized carbons (Fsp3) is 0.312. The highest BCUT2D eigenvalue weighted by atomic mass is 15.3. The second-order valence-corrected chi connectivity index (χ2v) is 20.2. The molecule has 2 aliphatic carbocycles. The van der Waals surface area contributed by atoms with Gasteiger partial charge in [-0.3, -0.25) is 54.8 Å². The first-order valence-corrected chi connectivity index (χ1v) is 46.1. The van der Waals surface area contributed by atoms with Crippen LogP contribution in [0.15, 0.2) is 386 Å². The molecular weight excluding hydrogens is 1590 g/mol. The van der Waals surface area contributed by atoms with Crippen LogP contribution in [0.4, 0.5) is 5.69 Å². The van der Waals surface area contributed by atoms with Gasteiger partial charge in [-0.25, -0.2) is 9.97 Å². The molecule has 13 heterocycles. The predicted molar refractivity (Wildman–Crippen MR) is 566 cm³/mol. The lowest BCUT2D eigenvalue weighted by Crippen LogP contribution is -1.79. The average Bonchev–Trinajstić information content (AvgIpc) is 1.87. The van der Waals surface area contributed by atoms with Crippen LogP contribution in [0, 0.1) is 0 Å². The number of fused-ring (bicyclic) bond motifs is 6. The van der Waals surface area contributed by atoms with Crippen LogP contribution in [0.5, 0.6) is 0 Å².